The summed E-state index contributed by atoms with van der Waals surface area (Å²) in [5.74, 6) is 1.16. The highest BCUT2D eigenvalue weighted by atomic mass is 16.1. The maximum Gasteiger partial charge on any atom is 0.251 e. The minimum absolute atomic E-state index is 0.0306. The lowest BCUT2D eigenvalue weighted by atomic mass is 10.2. The second kappa shape index (κ2) is 7.32. The molecule has 3 aromatic rings. The third-order valence-corrected chi connectivity index (χ3v) is 4.83. The Balaban J connectivity index is 1.59. The van der Waals surface area contributed by atoms with Crippen LogP contribution >= 0.6 is 0 Å². The van der Waals surface area contributed by atoms with Crippen molar-refractivity contribution in [2.24, 2.45) is 0 Å². The van der Waals surface area contributed by atoms with Crippen LogP contribution < -0.4 is 21.1 Å². The largest absolute Gasteiger partial charge is 0.368 e. The van der Waals surface area contributed by atoms with Gasteiger partial charge in [-0.2, -0.15) is 0 Å². The zero-order chi connectivity index (χ0) is 18.8. The minimum Gasteiger partial charge on any atom is -0.368 e. The molecule has 4 heterocycles. The summed E-state index contributed by atoms with van der Waals surface area (Å²) >= 11 is 0. The summed E-state index contributed by atoms with van der Waals surface area (Å²) in [7, 11) is 0. The van der Waals surface area contributed by atoms with Gasteiger partial charge in [-0.25, -0.2) is 15.0 Å². The van der Waals surface area contributed by atoms with E-state index >= 15 is 0 Å². The van der Waals surface area contributed by atoms with Crippen LogP contribution in [-0.2, 0) is 6.54 Å². The lowest BCUT2D eigenvalue weighted by Gasteiger charge is -2.29. The van der Waals surface area contributed by atoms with Crippen molar-refractivity contribution in [2.45, 2.75) is 20.4 Å². The fourth-order valence-electron chi connectivity index (χ4n) is 3.38. The lowest BCUT2D eigenvalue weighted by Crippen LogP contribution is -2.43. The second-order valence-electron chi connectivity index (χ2n) is 6.60. The minimum atomic E-state index is -0.0306. The number of fused-ring (bicyclic) bond motifs is 1. The zero-order valence-electron chi connectivity index (χ0n) is 15.6. The molecule has 1 fully saturated rings. The van der Waals surface area contributed by atoms with E-state index in [4.69, 9.17) is 0 Å². The third kappa shape index (κ3) is 3.48. The maximum atomic E-state index is 12.1. The number of aromatic nitrogens is 4. The molecule has 3 aromatic heterocycles. The first-order valence-electron chi connectivity index (χ1n) is 9.21. The van der Waals surface area contributed by atoms with E-state index in [-0.39, 0.29) is 5.56 Å². The highest BCUT2D eigenvalue weighted by Crippen LogP contribution is 2.19. The summed E-state index contributed by atoms with van der Waals surface area (Å²) in [5, 5.41) is 6.50. The van der Waals surface area contributed by atoms with Crippen molar-refractivity contribution in [1.29, 1.82) is 0 Å². The monoisotopic (exact) mass is 365 g/mol. The first-order valence-corrected chi connectivity index (χ1v) is 9.21. The molecule has 0 aliphatic carbocycles. The van der Waals surface area contributed by atoms with E-state index in [9.17, 15) is 4.79 Å². The van der Waals surface area contributed by atoms with Gasteiger partial charge in [0.25, 0.3) is 5.56 Å². The maximum absolute atomic E-state index is 12.1. The van der Waals surface area contributed by atoms with Gasteiger partial charge in [-0.05, 0) is 31.5 Å². The molecule has 0 amide bonds. The quantitative estimate of drug-likeness (QED) is 0.727. The topological polar surface area (TPSA) is 88.0 Å². The number of rotatable bonds is 4. The Morgan fingerprint density at radius 2 is 2.00 bits per heavy atom. The second-order valence-corrected chi connectivity index (χ2v) is 6.60. The molecule has 8 heteroatoms. The molecular weight excluding hydrogens is 342 g/mol. The van der Waals surface area contributed by atoms with Gasteiger partial charge in [-0.1, -0.05) is 0 Å². The van der Waals surface area contributed by atoms with Crippen LogP contribution in [-0.4, -0.2) is 45.7 Å². The van der Waals surface area contributed by atoms with E-state index in [1.54, 1.807) is 16.8 Å². The molecule has 1 aliphatic heterocycles. The van der Waals surface area contributed by atoms with Crippen LogP contribution in [0.5, 0.6) is 0 Å². The predicted octanol–water partition coefficient (Wildman–Crippen LogP) is 1.67. The summed E-state index contributed by atoms with van der Waals surface area (Å²) < 4.78 is 1.67. The smallest absolute Gasteiger partial charge is 0.251 e. The molecule has 0 saturated carbocycles. The first-order chi connectivity index (χ1) is 13.2. The van der Waals surface area contributed by atoms with Crippen molar-refractivity contribution in [3.8, 4) is 0 Å². The highest BCUT2D eigenvalue weighted by molar-refractivity contribution is 5.78. The van der Waals surface area contributed by atoms with E-state index in [1.165, 1.54) is 0 Å². The van der Waals surface area contributed by atoms with Crippen LogP contribution in [0.15, 0.2) is 35.4 Å². The van der Waals surface area contributed by atoms with E-state index in [0.29, 0.717) is 18.3 Å². The van der Waals surface area contributed by atoms with Crippen molar-refractivity contribution >= 4 is 28.5 Å². The molecule has 2 N–H and O–H groups in total. The fourth-order valence-corrected chi connectivity index (χ4v) is 3.38. The Labute approximate surface area is 157 Å². The van der Waals surface area contributed by atoms with Crippen LogP contribution in [0, 0.1) is 6.92 Å². The number of anilines is 3. The number of hydrogen-bond donors (Lipinski definition) is 2. The number of pyridine rings is 2. The molecule has 1 saturated heterocycles. The highest BCUT2D eigenvalue weighted by Gasteiger charge is 2.12. The van der Waals surface area contributed by atoms with Crippen molar-refractivity contribution < 1.29 is 0 Å². The lowest BCUT2D eigenvalue weighted by molar-refractivity contribution is 0.589. The molecule has 140 valence electrons. The van der Waals surface area contributed by atoms with Gasteiger partial charge in [0.2, 0.25) is 5.95 Å². The number of piperazine rings is 1. The molecular formula is C19H23N7O. The molecule has 0 atom stereocenters. The van der Waals surface area contributed by atoms with Crippen LogP contribution in [0.2, 0.25) is 0 Å². The Bertz CT molecular complexity index is 1010. The van der Waals surface area contributed by atoms with Crippen LogP contribution in [0.3, 0.4) is 0 Å². The Morgan fingerprint density at radius 3 is 2.70 bits per heavy atom. The molecule has 0 unspecified atom stereocenters. The average Bonchev–Trinajstić information content (AvgIpc) is 2.70. The third-order valence-electron chi connectivity index (χ3n) is 4.83. The summed E-state index contributed by atoms with van der Waals surface area (Å²) in [6.45, 7) is 8.37. The molecule has 1 aliphatic rings. The van der Waals surface area contributed by atoms with Crippen LogP contribution in [0.4, 0.5) is 17.5 Å². The SMILES string of the molecule is CCn1c(=O)cc(C)c2nc(Nc3ccc(N4CCNCC4)cn3)ncc21. The van der Waals surface area contributed by atoms with Crippen molar-refractivity contribution in [2.75, 3.05) is 36.4 Å². The van der Waals surface area contributed by atoms with Gasteiger partial charge >= 0.3 is 0 Å². The number of aryl methyl sites for hydroxylation is 2. The standard InChI is InChI=1S/C19H23N7O/c1-3-26-15-12-22-19(24-18(15)13(2)10-17(26)27)23-16-5-4-14(11-21-16)25-8-6-20-7-9-25/h4-5,10-12,20H,3,6-9H2,1-2H3,(H,21,22,23,24). The fraction of sp³-hybridized carbons (Fsp3) is 0.368. The van der Waals surface area contributed by atoms with Crippen molar-refractivity contribution in [1.82, 2.24) is 24.8 Å². The van der Waals surface area contributed by atoms with E-state index < -0.39 is 0 Å². The molecule has 0 radical (unpaired) electrons. The van der Waals surface area contributed by atoms with Gasteiger partial charge in [0, 0.05) is 38.8 Å². The Kier molecular flexibility index (Phi) is 4.72. The number of hydrogen-bond acceptors (Lipinski definition) is 7. The summed E-state index contributed by atoms with van der Waals surface area (Å²) in [5.41, 5.74) is 3.44. The normalized spacial score (nSPS) is 14.5. The molecule has 27 heavy (non-hydrogen) atoms. The van der Waals surface area contributed by atoms with Gasteiger partial charge in [-0.15, -0.1) is 0 Å². The van der Waals surface area contributed by atoms with Crippen molar-refractivity contribution in [3.05, 3.63) is 46.5 Å². The molecule has 0 spiro atoms. The molecule has 8 nitrogen and oxygen atoms in total. The summed E-state index contributed by atoms with van der Waals surface area (Å²) in [6, 6.07) is 5.61. The van der Waals surface area contributed by atoms with E-state index in [0.717, 1.165) is 48.5 Å². The average molecular weight is 365 g/mol. The summed E-state index contributed by atoms with van der Waals surface area (Å²) in [4.78, 5) is 27.9. The van der Waals surface area contributed by atoms with Crippen LogP contribution in [0.25, 0.3) is 11.0 Å². The van der Waals surface area contributed by atoms with Crippen LogP contribution in [0.1, 0.15) is 12.5 Å². The first kappa shape index (κ1) is 17.4. The molecule has 4 rings (SSSR count). The van der Waals surface area contributed by atoms with E-state index in [2.05, 4.69) is 36.6 Å². The predicted molar refractivity (Wildman–Crippen MR) is 107 cm³/mol. The van der Waals surface area contributed by atoms with Gasteiger partial charge in [0.15, 0.2) is 0 Å². The zero-order valence-corrected chi connectivity index (χ0v) is 15.6. The molecule has 0 aromatic carbocycles. The van der Waals surface area contributed by atoms with Gasteiger partial charge < -0.3 is 20.1 Å². The Morgan fingerprint density at radius 1 is 1.19 bits per heavy atom. The van der Waals surface area contributed by atoms with Gasteiger partial charge in [-0.3, -0.25) is 4.79 Å². The van der Waals surface area contributed by atoms with Gasteiger partial charge in [0.1, 0.15) is 5.82 Å². The van der Waals surface area contributed by atoms with Crippen molar-refractivity contribution in [3.63, 3.8) is 0 Å². The number of nitrogens with zero attached hydrogens (tertiary/aromatic N) is 5. The van der Waals surface area contributed by atoms with E-state index in [1.807, 2.05) is 26.1 Å². The Hall–Kier alpha value is -3.00. The molecule has 0 bridgehead atoms. The summed E-state index contributed by atoms with van der Waals surface area (Å²) in [6.07, 6.45) is 3.56. The van der Waals surface area contributed by atoms with Gasteiger partial charge in [0.05, 0.1) is 29.1 Å². The number of nitrogens with one attached hydrogen (secondary N) is 2.